The summed E-state index contributed by atoms with van der Waals surface area (Å²) in [6.07, 6.45) is 0. The van der Waals surface area contributed by atoms with E-state index < -0.39 is 0 Å². The predicted molar refractivity (Wildman–Crippen MR) is 129 cm³/mol. The number of hydrogen-bond donors (Lipinski definition) is 4. The standard InChI is InChI=1S/2C14H14O2.Zr/c2*1-9-3-5-13(15)11(7-9)12-8-10(2)4-6-14(12)16;/h2*3-8,15-16H,1-2H3;. The Morgan fingerprint density at radius 2 is 0.545 bits per heavy atom. The number of benzene rings is 4. The molecule has 4 N–H and O–H groups in total. The molecule has 0 radical (unpaired) electrons. The zero-order valence-electron chi connectivity index (χ0n) is 19.2. The SMILES string of the molecule is Cc1ccc(O)c(-c2cc(C)ccc2O)c1.Cc1ccc(O)c(-c2cc(C)ccc2O)c1.[Zr]. The van der Waals surface area contributed by atoms with Gasteiger partial charge in [-0.25, -0.2) is 0 Å². The molecule has 0 aliphatic carbocycles. The molecule has 0 heterocycles. The van der Waals surface area contributed by atoms with Crippen molar-refractivity contribution >= 4 is 0 Å². The van der Waals surface area contributed by atoms with E-state index in [-0.39, 0.29) is 49.2 Å². The van der Waals surface area contributed by atoms with E-state index in [1.165, 1.54) is 0 Å². The van der Waals surface area contributed by atoms with Gasteiger partial charge in [-0.15, -0.1) is 0 Å². The molecule has 4 rings (SSSR count). The van der Waals surface area contributed by atoms with Gasteiger partial charge in [0.25, 0.3) is 0 Å². The maximum Gasteiger partial charge on any atom is 0.123 e. The normalized spacial score (nSPS) is 10.1. The van der Waals surface area contributed by atoms with Gasteiger partial charge in [0.1, 0.15) is 23.0 Å². The molecule has 0 aromatic heterocycles. The zero-order chi connectivity index (χ0) is 23.4. The van der Waals surface area contributed by atoms with Crippen LogP contribution in [0.5, 0.6) is 23.0 Å². The zero-order valence-corrected chi connectivity index (χ0v) is 21.7. The Labute approximate surface area is 213 Å². The molecule has 0 atom stereocenters. The summed E-state index contributed by atoms with van der Waals surface area (Å²) in [6, 6.07) is 21.4. The molecule has 5 heteroatoms. The van der Waals surface area contributed by atoms with Crippen LogP contribution in [0.25, 0.3) is 22.3 Å². The molecule has 0 spiro atoms. The molecule has 0 aliphatic rings. The van der Waals surface area contributed by atoms with Gasteiger partial charge in [0.2, 0.25) is 0 Å². The van der Waals surface area contributed by atoms with Gasteiger partial charge in [-0.1, -0.05) is 46.5 Å². The minimum atomic E-state index is 0. The third-order valence-corrected chi connectivity index (χ3v) is 5.19. The fourth-order valence-electron chi connectivity index (χ4n) is 3.46. The van der Waals surface area contributed by atoms with Crippen LogP contribution in [0.15, 0.2) is 72.8 Å². The minimum Gasteiger partial charge on any atom is -0.507 e. The Kier molecular flexibility index (Phi) is 8.90. The summed E-state index contributed by atoms with van der Waals surface area (Å²) >= 11 is 0. The van der Waals surface area contributed by atoms with Gasteiger partial charge in [-0.05, 0) is 76.2 Å². The van der Waals surface area contributed by atoms with Crippen LogP contribution >= 0.6 is 0 Å². The summed E-state index contributed by atoms with van der Waals surface area (Å²) in [7, 11) is 0. The molecule has 0 saturated carbocycles. The van der Waals surface area contributed by atoms with Gasteiger partial charge in [0, 0.05) is 48.5 Å². The third kappa shape index (κ3) is 6.49. The van der Waals surface area contributed by atoms with Crippen LogP contribution < -0.4 is 0 Å². The van der Waals surface area contributed by atoms with E-state index in [0.717, 1.165) is 22.3 Å². The Hall–Kier alpha value is -3.04. The van der Waals surface area contributed by atoms with Crippen molar-refractivity contribution in [1.82, 2.24) is 0 Å². The fraction of sp³-hybridized carbons (Fsp3) is 0.143. The Morgan fingerprint density at radius 1 is 0.364 bits per heavy atom. The first kappa shape index (κ1) is 26.2. The van der Waals surface area contributed by atoms with Crippen molar-refractivity contribution in [3.8, 4) is 45.3 Å². The molecule has 0 unspecified atom stereocenters. The average molecular weight is 520 g/mol. The van der Waals surface area contributed by atoms with Crippen molar-refractivity contribution in [2.45, 2.75) is 27.7 Å². The van der Waals surface area contributed by atoms with Gasteiger partial charge in [0.05, 0.1) is 0 Å². The number of aryl methyl sites for hydroxylation is 4. The van der Waals surface area contributed by atoms with Crippen LogP contribution in [-0.4, -0.2) is 20.4 Å². The maximum absolute atomic E-state index is 9.79. The molecular formula is C28H28O4Zr. The Bertz CT molecular complexity index is 1070. The molecule has 0 aliphatic heterocycles. The van der Waals surface area contributed by atoms with Crippen LogP contribution in [0.3, 0.4) is 0 Å². The molecule has 168 valence electrons. The van der Waals surface area contributed by atoms with E-state index in [1.54, 1.807) is 24.3 Å². The van der Waals surface area contributed by atoms with Crippen LogP contribution in [0, 0.1) is 27.7 Å². The van der Waals surface area contributed by atoms with Crippen molar-refractivity contribution in [2.75, 3.05) is 0 Å². The number of hydrogen-bond acceptors (Lipinski definition) is 4. The van der Waals surface area contributed by atoms with Gasteiger partial charge < -0.3 is 20.4 Å². The van der Waals surface area contributed by atoms with Gasteiger partial charge >= 0.3 is 0 Å². The van der Waals surface area contributed by atoms with Crippen molar-refractivity contribution in [1.29, 1.82) is 0 Å². The Morgan fingerprint density at radius 3 is 0.727 bits per heavy atom. The van der Waals surface area contributed by atoms with Gasteiger partial charge in [-0.2, -0.15) is 0 Å². The second-order valence-corrected chi connectivity index (χ2v) is 8.08. The predicted octanol–water partition coefficient (Wildman–Crippen LogP) is 6.76. The summed E-state index contributed by atoms with van der Waals surface area (Å²) in [5.74, 6) is 0.746. The first-order valence-electron chi connectivity index (χ1n) is 10.3. The van der Waals surface area contributed by atoms with Crippen molar-refractivity contribution in [3.63, 3.8) is 0 Å². The van der Waals surface area contributed by atoms with Crippen molar-refractivity contribution in [2.24, 2.45) is 0 Å². The molecule has 0 saturated heterocycles. The number of phenols is 4. The summed E-state index contributed by atoms with van der Waals surface area (Å²) < 4.78 is 0. The van der Waals surface area contributed by atoms with Crippen molar-refractivity contribution in [3.05, 3.63) is 95.1 Å². The molecule has 0 amide bonds. The first-order chi connectivity index (χ1) is 15.2. The first-order valence-corrected chi connectivity index (χ1v) is 10.3. The molecule has 4 aromatic carbocycles. The van der Waals surface area contributed by atoms with E-state index in [4.69, 9.17) is 0 Å². The smallest absolute Gasteiger partial charge is 0.123 e. The summed E-state index contributed by atoms with van der Waals surface area (Å²) in [5.41, 5.74) is 6.87. The average Bonchev–Trinajstić information content (AvgIpc) is 2.76. The quantitative estimate of drug-likeness (QED) is 0.236. The van der Waals surface area contributed by atoms with E-state index in [0.29, 0.717) is 22.3 Å². The number of aromatic hydroxyl groups is 4. The second kappa shape index (κ2) is 11.2. The third-order valence-electron chi connectivity index (χ3n) is 5.19. The van der Waals surface area contributed by atoms with Crippen LogP contribution in [0.4, 0.5) is 0 Å². The minimum absolute atomic E-state index is 0. The Balaban J connectivity index is 0.000000227. The van der Waals surface area contributed by atoms with E-state index in [9.17, 15) is 20.4 Å². The van der Waals surface area contributed by atoms with Crippen molar-refractivity contribution < 1.29 is 46.6 Å². The topological polar surface area (TPSA) is 80.9 Å². The largest absolute Gasteiger partial charge is 0.507 e. The van der Waals surface area contributed by atoms with E-state index in [1.807, 2.05) is 76.2 Å². The van der Waals surface area contributed by atoms with Gasteiger partial charge in [0.15, 0.2) is 0 Å². The van der Waals surface area contributed by atoms with E-state index in [2.05, 4.69) is 0 Å². The van der Waals surface area contributed by atoms with Crippen LogP contribution in [0.1, 0.15) is 22.3 Å². The summed E-state index contributed by atoms with van der Waals surface area (Å²) in [5, 5.41) is 39.2. The molecular weight excluding hydrogens is 492 g/mol. The second-order valence-electron chi connectivity index (χ2n) is 8.08. The molecule has 0 bridgehead atoms. The van der Waals surface area contributed by atoms with Crippen LogP contribution in [0.2, 0.25) is 0 Å². The molecule has 4 nitrogen and oxygen atoms in total. The monoisotopic (exact) mass is 518 g/mol. The van der Waals surface area contributed by atoms with Gasteiger partial charge in [-0.3, -0.25) is 0 Å². The number of rotatable bonds is 2. The number of phenolic OH excluding ortho intramolecular Hbond substituents is 4. The molecule has 0 fully saturated rings. The molecule has 33 heavy (non-hydrogen) atoms. The summed E-state index contributed by atoms with van der Waals surface area (Å²) in [6.45, 7) is 7.82. The van der Waals surface area contributed by atoms with Crippen LogP contribution in [-0.2, 0) is 26.2 Å². The maximum atomic E-state index is 9.79. The fourth-order valence-corrected chi connectivity index (χ4v) is 3.46. The van der Waals surface area contributed by atoms with E-state index >= 15 is 0 Å². The summed E-state index contributed by atoms with van der Waals surface area (Å²) in [4.78, 5) is 0. The molecule has 4 aromatic rings.